The lowest BCUT2D eigenvalue weighted by Gasteiger charge is -2.20. The van der Waals surface area contributed by atoms with Crippen LogP contribution in [0.2, 0.25) is 19.6 Å². The summed E-state index contributed by atoms with van der Waals surface area (Å²) in [6, 6.07) is 20.7. The molecule has 0 unspecified atom stereocenters. The van der Waals surface area contributed by atoms with Crippen molar-refractivity contribution in [3.63, 3.8) is 0 Å². The molecule has 35 heavy (non-hydrogen) atoms. The second-order valence-electron chi connectivity index (χ2n) is 11.7. The first-order valence-corrected chi connectivity index (χ1v) is 16.6. The predicted molar refractivity (Wildman–Crippen MR) is 152 cm³/mol. The zero-order chi connectivity index (χ0) is 24.5. The first-order valence-electron chi connectivity index (χ1n) is 13.1. The Morgan fingerprint density at radius 1 is 0.857 bits per heavy atom. The van der Waals surface area contributed by atoms with Gasteiger partial charge in [0.05, 0.1) is 13.6 Å². The lowest BCUT2D eigenvalue weighted by Crippen LogP contribution is -2.43. The van der Waals surface area contributed by atoms with Gasteiger partial charge in [0, 0.05) is 28.3 Å². The largest absolute Gasteiger partial charge is 0.455 e. The van der Waals surface area contributed by atoms with Gasteiger partial charge in [-0.3, -0.25) is 0 Å². The summed E-state index contributed by atoms with van der Waals surface area (Å²) < 4.78 is 9.14. The first kappa shape index (κ1) is 22.5. The van der Waals surface area contributed by atoms with Crippen LogP contribution in [-0.2, 0) is 7.05 Å². The van der Waals surface area contributed by atoms with Crippen LogP contribution in [0, 0.1) is 13.8 Å². The average molecular weight is 479 g/mol. The van der Waals surface area contributed by atoms with E-state index in [1.165, 1.54) is 80.5 Å². The van der Waals surface area contributed by atoms with E-state index in [0.29, 0.717) is 5.92 Å². The molecule has 0 amide bonds. The summed E-state index contributed by atoms with van der Waals surface area (Å²) in [5.74, 6) is 0.688. The zero-order valence-corrected chi connectivity index (χ0v) is 23.0. The molecule has 2 heterocycles. The Hall–Kier alpha value is -2.91. The fourth-order valence-corrected chi connectivity index (χ4v) is 7.86. The molecular weight excluding hydrogens is 442 g/mol. The molecule has 2 aromatic heterocycles. The Morgan fingerprint density at radius 2 is 1.60 bits per heavy atom. The van der Waals surface area contributed by atoms with E-state index in [0.717, 1.165) is 11.2 Å². The lowest BCUT2D eigenvalue weighted by atomic mass is 9.94. The zero-order valence-electron chi connectivity index (χ0n) is 22.0. The number of aryl methyl sites for hydroxylation is 2. The van der Waals surface area contributed by atoms with Crippen LogP contribution in [0.3, 0.4) is 0 Å². The molecule has 3 heteroatoms. The molecule has 3 aromatic carbocycles. The molecule has 0 atom stereocenters. The van der Waals surface area contributed by atoms with Gasteiger partial charge in [-0.15, -0.1) is 0 Å². The van der Waals surface area contributed by atoms with Gasteiger partial charge in [-0.25, -0.2) is 0 Å². The van der Waals surface area contributed by atoms with E-state index in [1.807, 2.05) is 0 Å². The molecule has 6 rings (SSSR count). The quantitative estimate of drug-likeness (QED) is 0.189. The third kappa shape index (κ3) is 3.55. The van der Waals surface area contributed by atoms with Crippen LogP contribution in [0.15, 0.2) is 59.0 Å². The van der Waals surface area contributed by atoms with Crippen molar-refractivity contribution in [2.24, 2.45) is 7.05 Å². The minimum absolute atomic E-state index is 0.688. The van der Waals surface area contributed by atoms with Crippen molar-refractivity contribution in [1.82, 2.24) is 0 Å². The second kappa shape index (κ2) is 8.06. The Labute approximate surface area is 209 Å². The average Bonchev–Trinajstić information content (AvgIpc) is 3.48. The van der Waals surface area contributed by atoms with Crippen molar-refractivity contribution in [2.75, 3.05) is 0 Å². The van der Waals surface area contributed by atoms with Gasteiger partial charge in [0.15, 0.2) is 0 Å². The van der Waals surface area contributed by atoms with Crippen molar-refractivity contribution in [3.8, 4) is 11.3 Å². The smallest absolute Gasteiger partial charge is 0.216 e. The molecule has 0 N–H and O–H groups in total. The maximum absolute atomic E-state index is 6.76. The summed E-state index contributed by atoms with van der Waals surface area (Å²) in [6.07, 6.45) is 5.32. The number of para-hydroxylation sites is 1. The maximum Gasteiger partial charge on any atom is 0.216 e. The minimum Gasteiger partial charge on any atom is -0.455 e. The fraction of sp³-hybridized carbons (Fsp3) is 0.344. The van der Waals surface area contributed by atoms with Crippen LogP contribution in [0.5, 0.6) is 0 Å². The number of furan rings is 1. The van der Waals surface area contributed by atoms with E-state index in [-0.39, 0.29) is 0 Å². The number of rotatable bonds is 3. The third-order valence-corrected chi connectivity index (χ3v) is 10.4. The van der Waals surface area contributed by atoms with E-state index in [1.54, 1.807) is 0 Å². The molecule has 0 saturated heterocycles. The number of hydrogen-bond acceptors (Lipinski definition) is 1. The standard InChI is InChI=1S/C32H36NOSi/c1-20-17-26-24-16-15-23(22-11-7-8-12-22)18-29(24)34-32(26)31(21(20)2)28-19-30(35(4,5)6)25-13-9-10-14-27(25)33(28)3/h9-10,13-19,22H,7-8,11-12H2,1-6H3/q+1. The number of aromatic nitrogens is 1. The fourth-order valence-electron chi connectivity index (χ4n) is 6.27. The van der Waals surface area contributed by atoms with Crippen LogP contribution < -0.4 is 9.75 Å². The maximum atomic E-state index is 6.76. The molecule has 1 aliphatic rings. The number of pyridine rings is 1. The summed E-state index contributed by atoms with van der Waals surface area (Å²) in [6.45, 7) is 11.8. The van der Waals surface area contributed by atoms with Crippen LogP contribution in [0.1, 0.15) is 48.3 Å². The van der Waals surface area contributed by atoms with E-state index >= 15 is 0 Å². The highest BCUT2D eigenvalue weighted by atomic mass is 28.3. The summed E-state index contributed by atoms with van der Waals surface area (Å²) >= 11 is 0. The monoisotopic (exact) mass is 478 g/mol. The van der Waals surface area contributed by atoms with Gasteiger partial charge in [-0.05, 0) is 72.7 Å². The third-order valence-electron chi connectivity index (χ3n) is 8.40. The van der Waals surface area contributed by atoms with Crippen molar-refractivity contribution >= 4 is 46.1 Å². The van der Waals surface area contributed by atoms with Gasteiger partial charge >= 0.3 is 0 Å². The van der Waals surface area contributed by atoms with Gasteiger partial charge in [-0.2, -0.15) is 4.57 Å². The van der Waals surface area contributed by atoms with Crippen LogP contribution in [0.25, 0.3) is 44.1 Å². The molecular formula is C32H36NOSi+. The minimum atomic E-state index is -1.58. The number of hydrogen-bond donors (Lipinski definition) is 0. The SMILES string of the molecule is Cc1cc2c(oc3cc(C4CCCC4)ccc32)c(-c2cc([Si](C)(C)C)c3ccccc3[n+]2C)c1C. The Bertz CT molecular complexity index is 1610. The van der Waals surface area contributed by atoms with Crippen LogP contribution in [-0.4, -0.2) is 8.07 Å². The van der Waals surface area contributed by atoms with Crippen LogP contribution >= 0.6 is 0 Å². The molecule has 1 saturated carbocycles. The van der Waals surface area contributed by atoms with Crippen molar-refractivity contribution < 1.29 is 8.98 Å². The topological polar surface area (TPSA) is 17.0 Å². The van der Waals surface area contributed by atoms with Crippen molar-refractivity contribution in [2.45, 2.75) is 65.1 Å². The predicted octanol–water partition coefficient (Wildman–Crippen LogP) is 8.05. The molecule has 1 fully saturated rings. The summed E-state index contributed by atoms with van der Waals surface area (Å²) in [5, 5.41) is 5.36. The molecule has 0 bridgehead atoms. The normalized spacial score (nSPS) is 15.1. The van der Waals surface area contributed by atoms with Gasteiger partial charge < -0.3 is 4.42 Å². The Kier molecular flexibility index (Phi) is 5.19. The lowest BCUT2D eigenvalue weighted by molar-refractivity contribution is -0.633. The first-order chi connectivity index (χ1) is 16.7. The summed E-state index contributed by atoms with van der Waals surface area (Å²) in [4.78, 5) is 0. The van der Waals surface area contributed by atoms with E-state index in [2.05, 4.69) is 99.7 Å². The van der Waals surface area contributed by atoms with Gasteiger partial charge in [0.1, 0.15) is 18.2 Å². The molecule has 0 spiro atoms. The molecule has 178 valence electrons. The number of fused-ring (bicyclic) bond motifs is 4. The van der Waals surface area contributed by atoms with Crippen LogP contribution in [0.4, 0.5) is 0 Å². The van der Waals surface area contributed by atoms with E-state index in [4.69, 9.17) is 4.42 Å². The van der Waals surface area contributed by atoms with E-state index < -0.39 is 8.07 Å². The summed E-state index contributed by atoms with van der Waals surface area (Å²) in [7, 11) is 0.627. The molecule has 2 nitrogen and oxygen atoms in total. The highest BCUT2D eigenvalue weighted by Gasteiger charge is 2.29. The molecule has 0 aliphatic heterocycles. The number of benzene rings is 3. The summed E-state index contributed by atoms with van der Waals surface area (Å²) in [5.41, 5.74) is 9.91. The van der Waals surface area contributed by atoms with Crippen molar-refractivity contribution in [3.05, 3.63) is 71.3 Å². The Balaban J connectivity index is 1.68. The van der Waals surface area contributed by atoms with E-state index in [9.17, 15) is 0 Å². The van der Waals surface area contributed by atoms with Gasteiger partial charge in [0.2, 0.25) is 11.2 Å². The number of nitrogens with zero attached hydrogens (tertiary/aromatic N) is 1. The second-order valence-corrected chi connectivity index (χ2v) is 16.7. The molecule has 5 aromatic rings. The highest BCUT2D eigenvalue weighted by Crippen LogP contribution is 2.41. The molecule has 1 aliphatic carbocycles. The Morgan fingerprint density at radius 3 is 2.34 bits per heavy atom. The van der Waals surface area contributed by atoms with Gasteiger partial charge in [0.25, 0.3) is 0 Å². The molecule has 0 radical (unpaired) electrons. The van der Waals surface area contributed by atoms with Crippen molar-refractivity contribution in [1.29, 1.82) is 0 Å². The highest BCUT2D eigenvalue weighted by molar-refractivity contribution is 6.90. The van der Waals surface area contributed by atoms with Gasteiger partial charge in [-0.1, -0.05) is 56.7 Å².